The maximum absolute atomic E-state index is 10.5. The van der Waals surface area contributed by atoms with E-state index in [-0.39, 0.29) is 6.42 Å². The maximum atomic E-state index is 10.5. The molecule has 0 aromatic rings. The SMILES string of the molecule is CC1C=C(CC(=O)O)C=CC1N(C)C. The number of carboxylic acids is 1. The van der Waals surface area contributed by atoms with Crippen LogP contribution in [0.25, 0.3) is 0 Å². The van der Waals surface area contributed by atoms with Gasteiger partial charge < -0.3 is 10.0 Å². The van der Waals surface area contributed by atoms with Gasteiger partial charge in [0.05, 0.1) is 6.42 Å². The van der Waals surface area contributed by atoms with Crippen LogP contribution in [0.4, 0.5) is 0 Å². The number of carbonyl (C=O) groups is 1. The van der Waals surface area contributed by atoms with Crippen LogP contribution in [-0.2, 0) is 4.79 Å². The number of rotatable bonds is 3. The lowest BCUT2D eigenvalue weighted by Gasteiger charge is -2.28. The van der Waals surface area contributed by atoms with E-state index in [1.54, 1.807) is 0 Å². The predicted octanol–water partition coefficient (Wildman–Crippen LogP) is 1.52. The quantitative estimate of drug-likeness (QED) is 0.742. The van der Waals surface area contributed by atoms with E-state index in [1.807, 2.05) is 26.2 Å². The summed E-state index contributed by atoms with van der Waals surface area (Å²) in [5.41, 5.74) is 0.906. The van der Waals surface area contributed by atoms with E-state index in [0.29, 0.717) is 12.0 Å². The highest BCUT2D eigenvalue weighted by atomic mass is 16.4. The lowest BCUT2D eigenvalue weighted by atomic mass is 9.91. The molecule has 78 valence electrons. The smallest absolute Gasteiger partial charge is 0.307 e. The monoisotopic (exact) mass is 195 g/mol. The number of likely N-dealkylation sites (N-methyl/N-ethyl adjacent to an activating group) is 1. The molecule has 1 N–H and O–H groups in total. The molecule has 0 amide bonds. The fourth-order valence-corrected chi connectivity index (χ4v) is 1.82. The van der Waals surface area contributed by atoms with Gasteiger partial charge in [-0.2, -0.15) is 0 Å². The van der Waals surface area contributed by atoms with Crippen molar-refractivity contribution in [2.75, 3.05) is 14.1 Å². The predicted molar refractivity (Wildman–Crippen MR) is 56.1 cm³/mol. The number of allylic oxidation sites excluding steroid dienone is 1. The zero-order valence-corrected chi connectivity index (χ0v) is 8.90. The molecule has 0 saturated heterocycles. The average Bonchev–Trinajstić information content (AvgIpc) is 2.01. The van der Waals surface area contributed by atoms with Gasteiger partial charge in [0.15, 0.2) is 0 Å². The zero-order chi connectivity index (χ0) is 10.7. The Hall–Kier alpha value is -1.09. The molecule has 0 spiro atoms. The minimum Gasteiger partial charge on any atom is -0.481 e. The lowest BCUT2D eigenvalue weighted by Crippen LogP contribution is -2.32. The third-order valence-corrected chi connectivity index (χ3v) is 2.47. The molecule has 0 radical (unpaired) electrons. The Balaban J connectivity index is 2.67. The Morgan fingerprint density at radius 1 is 1.57 bits per heavy atom. The van der Waals surface area contributed by atoms with E-state index in [0.717, 1.165) is 5.57 Å². The van der Waals surface area contributed by atoms with Crippen molar-refractivity contribution in [3.63, 3.8) is 0 Å². The van der Waals surface area contributed by atoms with Crippen LogP contribution >= 0.6 is 0 Å². The Labute approximate surface area is 84.7 Å². The van der Waals surface area contributed by atoms with Gasteiger partial charge in [0.2, 0.25) is 0 Å². The van der Waals surface area contributed by atoms with Crippen molar-refractivity contribution in [3.05, 3.63) is 23.8 Å². The summed E-state index contributed by atoms with van der Waals surface area (Å²) in [5.74, 6) is -0.388. The summed E-state index contributed by atoms with van der Waals surface area (Å²) in [4.78, 5) is 12.6. The Morgan fingerprint density at radius 2 is 2.21 bits per heavy atom. The van der Waals surface area contributed by atoms with E-state index in [9.17, 15) is 4.79 Å². The van der Waals surface area contributed by atoms with Gasteiger partial charge in [-0.1, -0.05) is 25.2 Å². The van der Waals surface area contributed by atoms with Crippen molar-refractivity contribution in [1.82, 2.24) is 4.90 Å². The minimum atomic E-state index is -0.767. The van der Waals surface area contributed by atoms with Crippen LogP contribution in [0.15, 0.2) is 23.8 Å². The number of nitrogens with zero attached hydrogens (tertiary/aromatic N) is 1. The summed E-state index contributed by atoms with van der Waals surface area (Å²) < 4.78 is 0. The van der Waals surface area contributed by atoms with Crippen LogP contribution in [0.1, 0.15) is 13.3 Å². The van der Waals surface area contributed by atoms with Gasteiger partial charge in [-0.05, 0) is 25.6 Å². The van der Waals surface area contributed by atoms with Crippen LogP contribution in [0.5, 0.6) is 0 Å². The molecule has 2 atom stereocenters. The number of carboxylic acid groups (broad SMARTS) is 1. The average molecular weight is 195 g/mol. The van der Waals surface area contributed by atoms with Crippen LogP contribution in [0.2, 0.25) is 0 Å². The maximum Gasteiger partial charge on any atom is 0.307 e. The van der Waals surface area contributed by atoms with Gasteiger partial charge in [0, 0.05) is 6.04 Å². The minimum absolute atomic E-state index is 0.126. The molecule has 0 aromatic carbocycles. The molecule has 0 aromatic heterocycles. The second-order valence-corrected chi connectivity index (χ2v) is 3.98. The van der Waals surface area contributed by atoms with Crippen LogP contribution in [-0.4, -0.2) is 36.1 Å². The van der Waals surface area contributed by atoms with Crippen molar-refractivity contribution < 1.29 is 9.90 Å². The fraction of sp³-hybridized carbons (Fsp3) is 0.545. The molecular formula is C11H17NO2. The van der Waals surface area contributed by atoms with Crippen LogP contribution < -0.4 is 0 Å². The third kappa shape index (κ3) is 2.70. The highest BCUT2D eigenvalue weighted by molar-refractivity contribution is 5.71. The molecule has 0 saturated carbocycles. The first-order valence-corrected chi connectivity index (χ1v) is 4.78. The molecule has 14 heavy (non-hydrogen) atoms. The molecule has 0 heterocycles. The molecule has 0 fully saturated rings. The summed E-state index contributed by atoms with van der Waals surface area (Å²) in [7, 11) is 4.06. The largest absolute Gasteiger partial charge is 0.481 e. The molecule has 1 aliphatic rings. The Morgan fingerprint density at radius 3 is 2.64 bits per heavy atom. The van der Waals surface area contributed by atoms with Gasteiger partial charge in [0.1, 0.15) is 0 Å². The molecule has 0 aliphatic heterocycles. The van der Waals surface area contributed by atoms with E-state index < -0.39 is 5.97 Å². The van der Waals surface area contributed by atoms with Gasteiger partial charge in [-0.15, -0.1) is 0 Å². The van der Waals surface area contributed by atoms with E-state index in [2.05, 4.69) is 17.9 Å². The lowest BCUT2D eigenvalue weighted by molar-refractivity contribution is -0.136. The first kappa shape index (κ1) is 11.0. The van der Waals surface area contributed by atoms with Crippen molar-refractivity contribution in [2.45, 2.75) is 19.4 Å². The van der Waals surface area contributed by atoms with Gasteiger partial charge in [-0.3, -0.25) is 4.79 Å². The Bertz CT molecular complexity index is 279. The standard InChI is InChI=1S/C11H17NO2/c1-8-6-9(7-11(13)14)4-5-10(8)12(2)3/h4-6,8,10H,7H2,1-3H3,(H,13,14). The molecular weight excluding hydrogens is 178 g/mol. The normalized spacial score (nSPS) is 26.4. The molecule has 3 nitrogen and oxygen atoms in total. The van der Waals surface area contributed by atoms with Crippen molar-refractivity contribution in [1.29, 1.82) is 0 Å². The molecule has 0 bridgehead atoms. The van der Waals surface area contributed by atoms with E-state index >= 15 is 0 Å². The highest BCUT2D eigenvalue weighted by Gasteiger charge is 2.19. The first-order chi connectivity index (χ1) is 6.50. The summed E-state index contributed by atoms with van der Waals surface area (Å²) in [5, 5.41) is 8.64. The molecule has 1 aliphatic carbocycles. The molecule has 2 unspecified atom stereocenters. The first-order valence-electron chi connectivity index (χ1n) is 4.78. The zero-order valence-electron chi connectivity index (χ0n) is 8.90. The summed E-state index contributed by atoms with van der Waals surface area (Å²) in [6, 6.07) is 0.382. The summed E-state index contributed by atoms with van der Waals surface area (Å²) >= 11 is 0. The number of hydrogen-bond acceptors (Lipinski definition) is 2. The summed E-state index contributed by atoms with van der Waals surface area (Å²) in [6.07, 6.45) is 6.15. The highest BCUT2D eigenvalue weighted by Crippen LogP contribution is 2.21. The van der Waals surface area contributed by atoms with Crippen molar-refractivity contribution in [2.24, 2.45) is 5.92 Å². The van der Waals surface area contributed by atoms with Crippen molar-refractivity contribution >= 4 is 5.97 Å². The van der Waals surface area contributed by atoms with Gasteiger partial charge in [0.25, 0.3) is 0 Å². The third-order valence-electron chi connectivity index (χ3n) is 2.47. The second-order valence-electron chi connectivity index (χ2n) is 3.98. The van der Waals surface area contributed by atoms with E-state index in [1.165, 1.54) is 0 Å². The fourth-order valence-electron chi connectivity index (χ4n) is 1.82. The van der Waals surface area contributed by atoms with Gasteiger partial charge >= 0.3 is 5.97 Å². The Kier molecular flexibility index (Phi) is 3.47. The topological polar surface area (TPSA) is 40.5 Å². The van der Waals surface area contributed by atoms with Crippen molar-refractivity contribution in [3.8, 4) is 0 Å². The summed E-state index contributed by atoms with van der Waals surface area (Å²) in [6.45, 7) is 2.11. The number of aliphatic carboxylic acids is 1. The van der Waals surface area contributed by atoms with Crippen LogP contribution in [0.3, 0.4) is 0 Å². The van der Waals surface area contributed by atoms with E-state index in [4.69, 9.17) is 5.11 Å². The molecule has 1 rings (SSSR count). The molecule has 3 heteroatoms. The van der Waals surface area contributed by atoms with Crippen LogP contribution in [0, 0.1) is 5.92 Å². The second kappa shape index (κ2) is 4.42. The number of hydrogen-bond donors (Lipinski definition) is 1. The van der Waals surface area contributed by atoms with Gasteiger partial charge in [-0.25, -0.2) is 0 Å².